The predicted octanol–water partition coefficient (Wildman–Crippen LogP) is 9.87. The first-order valence-corrected chi connectivity index (χ1v) is 15.1. The maximum Gasteiger partial charge on any atom is 0.143 e. The van der Waals surface area contributed by atoms with Crippen molar-refractivity contribution in [3.05, 3.63) is 145 Å². The molecule has 0 bridgehead atoms. The first-order valence-electron chi connectivity index (χ1n) is 15.1. The number of hydrogen-bond donors (Lipinski definition) is 0. The van der Waals surface area contributed by atoms with Crippen molar-refractivity contribution in [1.29, 1.82) is 0 Å². The van der Waals surface area contributed by atoms with Gasteiger partial charge in [-0.25, -0.2) is 4.98 Å². The number of nitrogens with zero attached hydrogens (tertiary/aromatic N) is 4. The SMILES string of the molecule is Cc1cc(C)c(-c2cc(Oc3[c-]c(-n4c5ccccc5c5cccnc54)ccc3)[c-]c(N3[CH-]N(C)c4ccccc43)c2)c(C)c1.[Pt]. The van der Waals surface area contributed by atoms with Crippen molar-refractivity contribution in [3.63, 3.8) is 0 Å². The smallest absolute Gasteiger partial charge is 0.143 e. The number of hydrogen-bond acceptors (Lipinski definition) is 4. The second-order valence-electron chi connectivity index (χ2n) is 11.7. The van der Waals surface area contributed by atoms with Crippen LogP contribution >= 0.6 is 0 Å². The molecule has 0 aliphatic carbocycles. The zero-order chi connectivity index (χ0) is 30.7. The van der Waals surface area contributed by atoms with E-state index in [1.54, 1.807) is 0 Å². The summed E-state index contributed by atoms with van der Waals surface area (Å²) in [5, 5.41) is 2.26. The molecule has 0 saturated carbocycles. The van der Waals surface area contributed by atoms with Crippen LogP contribution in [-0.4, -0.2) is 16.6 Å². The van der Waals surface area contributed by atoms with Crippen molar-refractivity contribution in [2.45, 2.75) is 20.8 Å². The molecule has 5 nitrogen and oxygen atoms in total. The van der Waals surface area contributed by atoms with Crippen LogP contribution in [0, 0.1) is 39.6 Å². The minimum atomic E-state index is 0. The van der Waals surface area contributed by atoms with Gasteiger partial charge in [-0.3, -0.25) is 0 Å². The van der Waals surface area contributed by atoms with E-state index in [1.165, 1.54) is 22.3 Å². The normalized spacial score (nSPS) is 12.4. The fourth-order valence-electron chi connectivity index (χ4n) is 6.73. The summed E-state index contributed by atoms with van der Waals surface area (Å²) >= 11 is 0. The van der Waals surface area contributed by atoms with Crippen LogP contribution in [0.4, 0.5) is 17.1 Å². The van der Waals surface area contributed by atoms with Crippen molar-refractivity contribution in [2.24, 2.45) is 0 Å². The summed E-state index contributed by atoms with van der Waals surface area (Å²) in [6, 6.07) is 42.7. The summed E-state index contributed by atoms with van der Waals surface area (Å²) < 4.78 is 8.77. The molecule has 3 heterocycles. The summed E-state index contributed by atoms with van der Waals surface area (Å²) in [5.41, 5.74) is 12.0. The Labute approximate surface area is 284 Å². The molecule has 0 radical (unpaired) electrons. The number of aromatic nitrogens is 2. The molecule has 0 unspecified atom stereocenters. The topological polar surface area (TPSA) is 33.5 Å². The third kappa shape index (κ3) is 5.05. The zero-order valence-corrected chi connectivity index (χ0v) is 28.3. The molecule has 230 valence electrons. The molecular formula is C40H31N4OPt-3. The fraction of sp³-hybridized carbons (Fsp3) is 0.100. The third-order valence-electron chi connectivity index (χ3n) is 8.51. The molecule has 0 saturated heterocycles. The maximum atomic E-state index is 6.62. The number of pyridine rings is 1. The number of anilines is 3. The van der Waals surface area contributed by atoms with E-state index in [4.69, 9.17) is 9.72 Å². The summed E-state index contributed by atoms with van der Waals surface area (Å²) in [4.78, 5) is 9.05. The van der Waals surface area contributed by atoms with Crippen LogP contribution in [0.5, 0.6) is 11.5 Å². The van der Waals surface area contributed by atoms with Gasteiger partial charge < -0.3 is 19.1 Å². The number of para-hydroxylation sites is 3. The molecule has 0 N–H and O–H groups in total. The molecule has 46 heavy (non-hydrogen) atoms. The second-order valence-corrected chi connectivity index (χ2v) is 11.7. The molecule has 8 rings (SSSR count). The Bertz CT molecular complexity index is 2180. The van der Waals surface area contributed by atoms with Crippen LogP contribution in [0.15, 0.2) is 109 Å². The first kappa shape index (κ1) is 29.8. The van der Waals surface area contributed by atoms with Gasteiger partial charge in [-0.1, -0.05) is 53.7 Å². The zero-order valence-electron chi connectivity index (χ0n) is 26.0. The average Bonchev–Trinajstić information content (AvgIpc) is 3.56. The monoisotopic (exact) mass is 778 g/mol. The van der Waals surface area contributed by atoms with Crippen LogP contribution in [-0.2, 0) is 21.1 Å². The number of benzene rings is 5. The third-order valence-corrected chi connectivity index (χ3v) is 8.51. The molecule has 2 aromatic heterocycles. The van der Waals surface area contributed by atoms with Gasteiger partial charge in [0, 0.05) is 60.9 Å². The van der Waals surface area contributed by atoms with Crippen molar-refractivity contribution in [3.8, 4) is 28.3 Å². The van der Waals surface area contributed by atoms with Gasteiger partial charge in [-0.15, -0.1) is 47.6 Å². The number of rotatable bonds is 5. The Morgan fingerprint density at radius 3 is 2.24 bits per heavy atom. The standard InChI is InChI=1S/C40H31N4O.Pt/c1-26-19-27(2)39(28(3)20-26)29-21-31(43-25-42(4)37-16-7-8-17-38(37)43)24-33(22-29)45-32-12-9-11-30(23-32)44-36-15-6-5-13-34(36)35-14-10-18-41-40(35)44;/h5-22,25H,1-4H3;/q-3;. The number of ether oxygens (including phenoxy) is 1. The molecule has 1 aliphatic heterocycles. The number of aryl methyl sites for hydroxylation is 3. The molecule has 0 spiro atoms. The van der Waals surface area contributed by atoms with Gasteiger partial charge in [0.05, 0.1) is 5.52 Å². The van der Waals surface area contributed by atoms with Gasteiger partial charge >= 0.3 is 0 Å². The minimum Gasteiger partial charge on any atom is -0.509 e. The quantitative estimate of drug-likeness (QED) is 0.163. The predicted molar refractivity (Wildman–Crippen MR) is 184 cm³/mol. The van der Waals surface area contributed by atoms with E-state index >= 15 is 0 Å². The second kappa shape index (κ2) is 11.8. The van der Waals surface area contributed by atoms with E-state index in [0.29, 0.717) is 11.5 Å². The molecule has 5 aromatic carbocycles. The Kier molecular flexibility index (Phi) is 7.66. The van der Waals surface area contributed by atoms with Gasteiger partial charge in [0.2, 0.25) is 0 Å². The van der Waals surface area contributed by atoms with E-state index in [2.05, 4.69) is 140 Å². The Hall–Kier alpha value is -4.86. The Morgan fingerprint density at radius 1 is 0.696 bits per heavy atom. The molecule has 0 atom stereocenters. The van der Waals surface area contributed by atoms with E-state index in [1.807, 2.05) is 30.5 Å². The van der Waals surface area contributed by atoms with E-state index in [-0.39, 0.29) is 21.1 Å². The summed E-state index contributed by atoms with van der Waals surface area (Å²) in [7, 11) is 2.07. The molecule has 7 aromatic rings. The molecule has 0 amide bonds. The summed E-state index contributed by atoms with van der Waals surface area (Å²) in [6.07, 6.45) is 1.83. The maximum absolute atomic E-state index is 6.62. The van der Waals surface area contributed by atoms with E-state index < -0.39 is 0 Å². The fourth-order valence-corrected chi connectivity index (χ4v) is 6.73. The van der Waals surface area contributed by atoms with E-state index in [0.717, 1.165) is 50.2 Å². The van der Waals surface area contributed by atoms with Crippen molar-refractivity contribution < 1.29 is 25.8 Å². The van der Waals surface area contributed by atoms with Crippen LogP contribution < -0.4 is 14.5 Å². The number of fused-ring (bicyclic) bond motifs is 4. The Balaban J connectivity index is 0.00000338. The molecule has 0 fully saturated rings. The summed E-state index contributed by atoms with van der Waals surface area (Å²) in [6.45, 7) is 8.59. The molecule has 6 heteroatoms. The van der Waals surface area contributed by atoms with Crippen molar-refractivity contribution in [2.75, 3.05) is 16.8 Å². The van der Waals surface area contributed by atoms with Gasteiger partial charge in [-0.05, 0) is 74.8 Å². The van der Waals surface area contributed by atoms with Crippen LogP contribution in [0.3, 0.4) is 0 Å². The van der Waals surface area contributed by atoms with Crippen LogP contribution in [0.1, 0.15) is 16.7 Å². The van der Waals surface area contributed by atoms with Gasteiger partial charge in [0.15, 0.2) is 0 Å². The minimum absolute atomic E-state index is 0. The Morgan fingerprint density at radius 2 is 1.41 bits per heavy atom. The van der Waals surface area contributed by atoms with Gasteiger partial charge in [-0.2, -0.15) is 12.7 Å². The molecular weight excluding hydrogens is 748 g/mol. The van der Waals surface area contributed by atoms with Crippen molar-refractivity contribution >= 4 is 39.0 Å². The van der Waals surface area contributed by atoms with Crippen LogP contribution in [0.25, 0.3) is 38.8 Å². The largest absolute Gasteiger partial charge is 0.509 e. The van der Waals surface area contributed by atoms with Crippen LogP contribution in [0.2, 0.25) is 0 Å². The first-order chi connectivity index (χ1) is 21.9. The van der Waals surface area contributed by atoms with E-state index in [9.17, 15) is 0 Å². The average molecular weight is 779 g/mol. The summed E-state index contributed by atoms with van der Waals surface area (Å²) in [5.74, 6) is 1.23. The molecule has 1 aliphatic rings. The van der Waals surface area contributed by atoms with Gasteiger partial charge in [0.1, 0.15) is 5.65 Å². The van der Waals surface area contributed by atoms with Gasteiger partial charge in [0.25, 0.3) is 0 Å². The van der Waals surface area contributed by atoms with Crippen molar-refractivity contribution in [1.82, 2.24) is 9.55 Å².